The lowest BCUT2D eigenvalue weighted by Crippen LogP contribution is -2.10. The number of rotatable bonds is 3. The molecule has 0 aliphatic carbocycles. The summed E-state index contributed by atoms with van der Waals surface area (Å²) in [5.74, 6) is 0.367. The lowest BCUT2D eigenvalue weighted by molar-refractivity contribution is 0.853. The van der Waals surface area contributed by atoms with Gasteiger partial charge in [-0.25, -0.2) is 0 Å². The Morgan fingerprint density at radius 3 is 2.18 bits per heavy atom. The normalized spacial score (nSPS) is 12.2. The van der Waals surface area contributed by atoms with E-state index in [1.54, 1.807) is 0 Å². The number of nitrogens with one attached hydrogen (secondary N) is 1. The molecule has 88 valence electrons. The first-order valence-corrected chi connectivity index (χ1v) is 5.79. The zero-order valence-electron chi connectivity index (χ0n) is 9.06. The second kappa shape index (κ2) is 5.29. The summed E-state index contributed by atoms with van der Waals surface area (Å²) >= 11 is 11.4. The van der Waals surface area contributed by atoms with E-state index in [-0.39, 0.29) is 16.6 Å². The average molecular weight is 269 g/mol. The van der Waals surface area contributed by atoms with E-state index in [9.17, 15) is 0 Å². The minimum absolute atomic E-state index is 0.0609. The van der Waals surface area contributed by atoms with Gasteiger partial charge in [-0.05, 0) is 35.7 Å². The predicted molar refractivity (Wildman–Crippen MR) is 68.3 cm³/mol. The number of hydrogen-bond donors (Lipinski definition) is 1. The van der Waals surface area contributed by atoms with Crippen LogP contribution in [0.15, 0.2) is 30.3 Å². The lowest BCUT2D eigenvalue weighted by Gasteiger charge is -2.13. The second-order valence-corrected chi connectivity index (χ2v) is 4.15. The van der Waals surface area contributed by atoms with Crippen molar-refractivity contribution in [3.63, 3.8) is 0 Å². The molecule has 0 saturated heterocycles. The zero-order valence-corrected chi connectivity index (χ0v) is 10.6. The van der Waals surface area contributed by atoms with Gasteiger partial charge in [0.05, 0.1) is 6.04 Å². The first-order chi connectivity index (χ1) is 8.15. The van der Waals surface area contributed by atoms with Crippen LogP contribution in [0.1, 0.15) is 18.5 Å². The van der Waals surface area contributed by atoms with Crippen molar-refractivity contribution < 1.29 is 0 Å². The summed E-state index contributed by atoms with van der Waals surface area (Å²) in [6, 6.07) is 10.0. The molecule has 0 radical (unpaired) electrons. The third-order valence-corrected chi connectivity index (χ3v) is 2.56. The minimum atomic E-state index is 0.0609. The number of benzene rings is 1. The Morgan fingerprint density at radius 1 is 1.00 bits per heavy atom. The van der Waals surface area contributed by atoms with Crippen LogP contribution >= 0.6 is 23.2 Å². The van der Waals surface area contributed by atoms with E-state index in [2.05, 4.69) is 20.3 Å². The molecule has 1 unspecified atom stereocenters. The van der Waals surface area contributed by atoms with Crippen molar-refractivity contribution in [1.29, 1.82) is 0 Å². The summed E-state index contributed by atoms with van der Waals surface area (Å²) in [6.07, 6.45) is 0. The summed E-state index contributed by atoms with van der Waals surface area (Å²) in [7, 11) is 0. The van der Waals surface area contributed by atoms with Gasteiger partial charge < -0.3 is 5.32 Å². The highest BCUT2D eigenvalue weighted by Gasteiger charge is 2.08. The van der Waals surface area contributed by atoms with Crippen molar-refractivity contribution in [2.24, 2.45) is 0 Å². The molecule has 0 aliphatic heterocycles. The maximum Gasteiger partial charge on any atom is 0.228 e. The van der Waals surface area contributed by atoms with Crippen LogP contribution < -0.4 is 5.32 Å². The van der Waals surface area contributed by atoms with Crippen molar-refractivity contribution in [1.82, 2.24) is 15.0 Å². The van der Waals surface area contributed by atoms with Crippen molar-refractivity contribution in [3.8, 4) is 0 Å². The molecule has 17 heavy (non-hydrogen) atoms. The van der Waals surface area contributed by atoms with Gasteiger partial charge in [-0.1, -0.05) is 30.3 Å². The summed E-state index contributed by atoms with van der Waals surface area (Å²) in [5.41, 5.74) is 1.13. The van der Waals surface area contributed by atoms with E-state index in [0.717, 1.165) is 5.56 Å². The van der Waals surface area contributed by atoms with Gasteiger partial charge in [-0.3, -0.25) is 0 Å². The fourth-order valence-corrected chi connectivity index (χ4v) is 1.77. The fourth-order valence-electron chi connectivity index (χ4n) is 1.41. The Bertz CT molecular complexity index is 484. The molecule has 1 aromatic heterocycles. The molecular formula is C11H10Cl2N4. The highest BCUT2D eigenvalue weighted by atomic mass is 35.5. The van der Waals surface area contributed by atoms with E-state index in [1.807, 2.05) is 37.3 Å². The van der Waals surface area contributed by atoms with Gasteiger partial charge in [0.1, 0.15) is 0 Å². The van der Waals surface area contributed by atoms with Crippen LogP contribution in [0.3, 0.4) is 0 Å². The number of nitrogens with zero attached hydrogens (tertiary/aromatic N) is 3. The van der Waals surface area contributed by atoms with Crippen LogP contribution in [0.4, 0.5) is 5.95 Å². The van der Waals surface area contributed by atoms with Crippen molar-refractivity contribution in [2.75, 3.05) is 5.32 Å². The van der Waals surface area contributed by atoms with Crippen LogP contribution in [-0.4, -0.2) is 15.0 Å². The van der Waals surface area contributed by atoms with Gasteiger partial charge in [0, 0.05) is 0 Å². The van der Waals surface area contributed by atoms with Crippen LogP contribution in [0.5, 0.6) is 0 Å². The molecule has 1 N–H and O–H groups in total. The number of aromatic nitrogens is 3. The molecule has 0 aliphatic rings. The monoisotopic (exact) mass is 268 g/mol. The van der Waals surface area contributed by atoms with Gasteiger partial charge >= 0.3 is 0 Å². The second-order valence-electron chi connectivity index (χ2n) is 3.47. The smallest absolute Gasteiger partial charge is 0.228 e. The summed E-state index contributed by atoms with van der Waals surface area (Å²) in [4.78, 5) is 11.6. The third-order valence-electron chi connectivity index (χ3n) is 2.23. The Balaban J connectivity index is 2.16. The van der Waals surface area contributed by atoms with Gasteiger partial charge in [0.25, 0.3) is 0 Å². The van der Waals surface area contributed by atoms with E-state index in [1.165, 1.54) is 0 Å². The Hall–Kier alpha value is -1.39. The van der Waals surface area contributed by atoms with Crippen LogP contribution in [-0.2, 0) is 0 Å². The van der Waals surface area contributed by atoms with Gasteiger partial charge in [0.15, 0.2) is 0 Å². The molecule has 1 atom stereocenters. The predicted octanol–water partition coefficient (Wildman–Crippen LogP) is 3.35. The number of halogens is 2. The van der Waals surface area contributed by atoms with Gasteiger partial charge in [0.2, 0.25) is 16.5 Å². The first-order valence-electron chi connectivity index (χ1n) is 5.03. The fraction of sp³-hybridized carbons (Fsp3) is 0.182. The highest BCUT2D eigenvalue weighted by Crippen LogP contribution is 2.17. The van der Waals surface area contributed by atoms with Crippen LogP contribution in [0.2, 0.25) is 10.6 Å². The molecular weight excluding hydrogens is 259 g/mol. The molecule has 0 bridgehead atoms. The topological polar surface area (TPSA) is 50.7 Å². The Morgan fingerprint density at radius 2 is 1.59 bits per heavy atom. The lowest BCUT2D eigenvalue weighted by atomic mass is 10.1. The molecule has 4 nitrogen and oxygen atoms in total. The van der Waals surface area contributed by atoms with Crippen LogP contribution in [0.25, 0.3) is 0 Å². The number of hydrogen-bond acceptors (Lipinski definition) is 4. The van der Waals surface area contributed by atoms with E-state index < -0.39 is 0 Å². The molecule has 0 saturated carbocycles. The summed E-state index contributed by atoms with van der Waals surface area (Å²) < 4.78 is 0. The standard InChI is InChI=1S/C11H10Cl2N4/c1-7(8-5-3-2-4-6-8)14-11-16-9(12)15-10(13)17-11/h2-7H,1H3,(H,14,15,16,17). The Labute approximate surface area is 109 Å². The largest absolute Gasteiger partial charge is 0.348 e. The molecule has 0 amide bonds. The third kappa shape index (κ3) is 3.28. The van der Waals surface area contributed by atoms with Crippen LogP contribution in [0, 0.1) is 0 Å². The average Bonchev–Trinajstić information content (AvgIpc) is 2.28. The van der Waals surface area contributed by atoms with Crippen molar-refractivity contribution in [3.05, 3.63) is 46.5 Å². The molecule has 0 fully saturated rings. The summed E-state index contributed by atoms with van der Waals surface area (Å²) in [5, 5.41) is 3.26. The molecule has 1 heterocycles. The molecule has 0 spiro atoms. The maximum atomic E-state index is 5.69. The zero-order chi connectivity index (χ0) is 12.3. The summed E-state index contributed by atoms with van der Waals surface area (Å²) in [6.45, 7) is 2.00. The molecule has 6 heteroatoms. The molecule has 2 rings (SSSR count). The van der Waals surface area contributed by atoms with Crippen molar-refractivity contribution >= 4 is 29.2 Å². The van der Waals surface area contributed by atoms with E-state index in [0.29, 0.717) is 5.95 Å². The van der Waals surface area contributed by atoms with E-state index in [4.69, 9.17) is 23.2 Å². The Kier molecular flexibility index (Phi) is 3.76. The molecule has 1 aromatic carbocycles. The first kappa shape index (κ1) is 12.1. The van der Waals surface area contributed by atoms with Gasteiger partial charge in [-0.2, -0.15) is 15.0 Å². The minimum Gasteiger partial charge on any atom is -0.348 e. The van der Waals surface area contributed by atoms with Crippen molar-refractivity contribution in [2.45, 2.75) is 13.0 Å². The highest BCUT2D eigenvalue weighted by molar-refractivity contribution is 6.31. The SMILES string of the molecule is CC(Nc1nc(Cl)nc(Cl)n1)c1ccccc1. The quantitative estimate of drug-likeness (QED) is 0.928. The maximum absolute atomic E-state index is 5.69. The van der Waals surface area contributed by atoms with Gasteiger partial charge in [-0.15, -0.1) is 0 Å². The molecule has 2 aromatic rings. The van der Waals surface area contributed by atoms with E-state index >= 15 is 0 Å². The number of anilines is 1.